The van der Waals surface area contributed by atoms with E-state index >= 15 is 0 Å². The molecule has 0 aromatic carbocycles. The number of hydrogen-bond donors (Lipinski definition) is 1. The molecule has 6 nitrogen and oxygen atoms in total. The summed E-state index contributed by atoms with van der Waals surface area (Å²) < 4.78 is 1.83. The molecule has 1 N–H and O–H groups in total. The molecule has 0 aliphatic carbocycles. The zero-order valence-corrected chi connectivity index (χ0v) is 16.4. The van der Waals surface area contributed by atoms with E-state index < -0.39 is 0 Å². The van der Waals surface area contributed by atoms with Crippen LogP contribution < -0.4 is 0 Å². The molecule has 1 saturated heterocycles. The Kier molecular flexibility index (Phi) is 5.09. The third-order valence-corrected chi connectivity index (χ3v) is 5.49. The number of aromatic amines is 1. The Hall–Kier alpha value is -2.44. The van der Waals surface area contributed by atoms with Gasteiger partial charge < -0.3 is 14.8 Å². The minimum atomic E-state index is 0.919. The van der Waals surface area contributed by atoms with Crippen LogP contribution in [-0.4, -0.2) is 69.3 Å². The van der Waals surface area contributed by atoms with Gasteiger partial charge in [-0.2, -0.15) is 5.10 Å². The van der Waals surface area contributed by atoms with Gasteiger partial charge in [0, 0.05) is 74.9 Å². The lowest BCUT2D eigenvalue weighted by Crippen LogP contribution is -2.44. The Bertz CT molecular complexity index is 943. The molecule has 0 atom stereocenters. The Morgan fingerprint density at radius 3 is 2.74 bits per heavy atom. The van der Waals surface area contributed by atoms with Crippen LogP contribution in [-0.2, 0) is 7.05 Å². The minimum Gasteiger partial charge on any atom is -0.346 e. The number of allylic oxidation sites excluding steroid dienone is 1. The van der Waals surface area contributed by atoms with Crippen molar-refractivity contribution in [2.75, 3.05) is 39.8 Å². The lowest BCUT2D eigenvalue weighted by Gasteiger charge is -2.32. The van der Waals surface area contributed by atoms with Crippen molar-refractivity contribution < 1.29 is 0 Å². The first-order valence-electron chi connectivity index (χ1n) is 9.64. The van der Waals surface area contributed by atoms with Gasteiger partial charge in [0.15, 0.2) is 0 Å². The number of aromatic nitrogens is 4. The average molecular weight is 364 g/mol. The van der Waals surface area contributed by atoms with Crippen molar-refractivity contribution in [1.29, 1.82) is 0 Å². The molecule has 0 spiro atoms. The van der Waals surface area contributed by atoms with Gasteiger partial charge in [0.2, 0.25) is 0 Å². The van der Waals surface area contributed by atoms with Crippen molar-refractivity contribution in [1.82, 2.24) is 29.5 Å². The fraction of sp³-hybridized carbons (Fsp3) is 0.429. The summed E-state index contributed by atoms with van der Waals surface area (Å²) in [5.74, 6) is 0. The lowest BCUT2D eigenvalue weighted by atomic mass is 10.0. The van der Waals surface area contributed by atoms with Crippen LogP contribution in [0.3, 0.4) is 0 Å². The zero-order chi connectivity index (χ0) is 18.8. The number of piperazine rings is 1. The molecule has 0 unspecified atom stereocenters. The van der Waals surface area contributed by atoms with E-state index in [1.807, 2.05) is 36.5 Å². The maximum atomic E-state index is 4.62. The Labute approximate surface area is 160 Å². The molecule has 0 saturated carbocycles. The molecule has 1 fully saturated rings. The number of likely N-dealkylation sites (N-methyl/N-ethyl adjacent to an activating group) is 1. The highest BCUT2D eigenvalue weighted by atomic mass is 15.2. The predicted octanol–water partition coefficient (Wildman–Crippen LogP) is 3.00. The van der Waals surface area contributed by atoms with Crippen LogP contribution in [0.5, 0.6) is 0 Å². The fourth-order valence-electron chi connectivity index (χ4n) is 3.67. The van der Waals surface area contributed by atoms with E-state index in [1.54, 1.807) is 0 Å². The van der Waals surface area contributed by atoms with Crippen molar-refractivity contribution in [2.24, 2.45) is 7.05 Å². The van der Waals surface area contributed by atoms with E-state index in [0.29, 0.717) is 0 Å². The summed E-state index contributed by atoms with van der Waals surface area (Å²) in [6, 6.07) is 2.24. The number of nitrogens with one attached hydrogen (secondary N) is 1. The van der Waals surface area contributed by atoms with Crippen molar-refractivity contribution >= 4 is 16.6 Å². The van der Waals surface area contributed by atoms with Crippen molar-refractivity contribution in [3.8, 4) is 11.1 Å². The maximum Gasteiger partial charge on any atom is 0.137 e. The molecule has 3 aromatic rings. The van der Waals surface area contributed by atoms with Gasteiger partial charge in [0.25, 0.3) is 0 Å². The molecule has 4 rings (SSSR count). The summed E-state index contributed by atoms with van der Waals surface area (Å²) in [6.45, 7) is 8.01. The Balaban J connectivity index is 1.49. The van der Waals surface area contributed by atoms with E-state index in [2.05, 4.69) is 51.0 Å². The summed E-state index contributed by atoms with van der Waals surface area (Å²) in [4.78, 5) is 12.8. The molecular weight excluding hydrogens is 336 g/mol. The van der Waals surface area contributed by atoms with Gasteiger partial charge in [0.1, 0.15) is 5.65 Å². The number of H-pyrrole nitrogens is 1. The van der Waals surface area contributed by atoms with Gasteiger partial charge in [-0.05, 0) is 37.6 Å². The van der Waals surface area contributed by atoms with Crippen LogP contribution >= 0.6 is 0 Å². The van der Waals surface area contributed by atoms with Gasteiger partial charge in [-0.25, -0.2) is 4.98 Å². The molecule has 3 aromatic heterocycles. The summed E-state index contributed by atoms with van der Waals surface area (Å²) >= 11 is 0. The molecule has 27 heavy (non-hydrogen) atoms. The van der Waals surface area contributed by atoms with Crippen LogP contribution in [0, 0.1) is 0 Å². The topological polar surface area (TPSA) is 53.0 Å². The summed E-state index contributed by atoms with van der Waals surface area (Å²) in [6.07, 6.45) is 11.3. The van der Waals surface area contributed by atoms with Crippen molar-refractivity contribution in [3.63, 3.8) is 0 Å². The molecule has 0 radical (unpaired) electrons. The number of hydrogen-bond acceptors (Lipinski definition) is 4. The molecule has 6 heteroatoms. The highest BCUT2D eigenvalue weighted by Crippen LogP contribution is 2.29. The first-order chi connectivity index (χ1) is 13.1. The largest absolute Gasteiger partial charge is 0.346 e. The van der Waals surface area contributed by atoms with Gasteiger partial charge in [-0.3, -0.25) is 4.68 Å². The number of fused-ring (bicyclic) bond motifs is 1. The molecule has 142 valence electrons. The highest BCUT2D eigenvalue weighted by molar-refractivity contribution is 5.94. The van der Waals surface area contributed by atoms with E-state index in [1.165, 1.54) is 37.3 Å². The van der Waals surface area contributed by atoms with E-state index in [4.69, 9.17) is 0 Å². The highest BCUT2D eigenvalue weighted by Gasteiger charge is 2.13. The summed E-state index contributed by atoms with van der Waals surface area (Å²) in [5, 5.41) is 5.44. The molecule has 0 bridgehead atoms. The number of rotatable bonds is 5. The smallest absolute Gasteiger partial charge is 0.137 e. The monoisotopic (exact) mass is 364 g/mol. The lowest BCUT2D eigenvalue weighted by molar-refractivity contribution is 0.156. The normalized spacial score (nSPS) is 17.1. The Morgan fingerprint density at radius 1 is 1.19 bits per heavy atom. The second-order valence-corrected chi connectivity index (χ2v) is 7.55. The molecule has 1 aliphatic rings. The Morgan fingerprint density at radius 2 is 2.00 bits per heavy atom. The third kappa shape index (κ3) is 3.96. The average Bonchev–Trinajstić information content (AvgIpc) is 3.28. The zero-order valence-electron chi connectivity index (χ0n) is 16.4. The van der Waals surface area contributed by atoms with Crippen LogP contribution in [0.4, 0.5) is 0 Å². The molecule has 0 amide bonds. The minimum absolute atomic E-state index is 0.919. The standard InChI is InChI=1S/C21H28N6/c1-16(5-4-6-27-9-7-25(2)8-10-27)17-11-19-20(14-23-21(19)22-12-17)18-13-24-26(3)15-18/h5,11-15H,4,6-10H2,1-3H3,(H,22,23)/b16-5+. The van der Waals surface area contributed by atoms with Crippen molar-refractivity contribution in [3.05, 3.63) is 42.5 Å². The number of nitrogens with zero attached hydrogens (tertiary/aromatic N) is 5. The van der Waals surface area contributed by atoms with E-state index in [0.717, 1.165) is 35.1 Å². The van der Waals surface area contributed by atoms with Crippen LogP contribution in [0.15, 0.2) is 36.9 Å². The third-order valence-electron chi connectivity index (χ3n) is 5.49. The second kappa shape index (κ2) is 7.66. The van der Waals surface area contributed by atoms with Gasteiger partial charge in [0.05, 0.1) is 6.20 Å². The number of pyridine rings is 1. The maximum absolute atomic E-state index is 4.62. The predicted molar refractivity (Wildman–Crippen MR) is 111 cm³/mol. The van der Waals surface area contributed by atoms with E-state index in [9.17, 15) is 0 Å². The first-order valence-corrected chi connectivity index (χ1v) is 9.64. The van der Waals surface area contributed by atoms with Gasteiger partial charge >= 0.3 is 0 Å². The first kappa shape index (κ1) is 17.9. The van der Waals surface area contributed by atoms with Crippen molar-refractivity contribution in [2.45, 2.75) is 13.3 Å². The molecule has 4 heterocycles. The van der Waals surface area contributed by atoms with Gasteiger partial charge in [-0.1, -0.05) is 6.08 Å². The quantitative estimate of drug-likeness (QED) is 0.756. The number of aryl methyl sites for hydroxylation is 1. The van der Waals surface area contributed by atoms with Crippen LogP contribution in [0.25, 0.3) is 27.7 Å². The SMILES string of the molecule is C/C(=C\CCN1CCN(C)CC1)c1cnc2[nH]cc(-c3cnn(C)c3)c2c1. The molecule has 1 aliphatic heterocycles. The van der Waals surface area contributed by atoms with Gasteiger partial charge in [-0.15, -0.1) is 0 Å². The van der Waals surface area contributed by atoms with E-state index in [-0.39, 0.29) is 0 Å². The van der Waals surface area contributed by atoms with Crippen LogP contribution in [0.2, 0.25) is 0 Å². The molecular formula is C21H28N6. The van der Waals surface area contributed by atoms with Crippen LogP contribution in [0.1, 0.15) is 18.9 Å². The summed E-state index contributed by atoms with van der Waals surface area (Å²) in [5.41, 5.74) is 5.66. The fourth-order valence-corrected chi connectivity index (χ4v) is 3.67. The summed E-state index contributed by atoms with van der Waals surface area (Å²) in [7, 11) is 4.14. The second-order valence-electron chi connectivity index (χ2n) is 7.55.